The number of fused-ring (bicyclic) bond motifs is 1. The summed E-state index contributed by atoms with van der Waals surface area (Å²) in [5, 5.41) is 5.96. The lowest BCUT2D eigenvalue weighted by molar-refractivity contribution is 0.0946. The van der Waals surface area contributed by atoms with Gasteiger partial charge in [-0.25, -0.2) is 13.8 Å². The van der Waals surface area contributed by atoms with Gasteiger partial charge in [-0.1, -0.05) is 12.1 Å². The molecule has 0 radical (unpaired) electrons. The molecule has 0 saturated carbocycles. The van der Waals surface area contributed by atoms with Crippen molar-refractivity contribution in [2.24, 2.45) is 0 Å². The van der Waals surface area contributed by atoms with Crippen LogP contribution in [0, 0.1) is 17.6 Å². The van der Waals surface area contributed by atoms with Gasteiger partial charge in [-0.05, 0) is 55.6 Å². The lowest BCUT2D eigenvalue weighted by Crippen LogP contribution is -2.34. The zero-order valence-corrected chi connectivity index (χ0v) is 18.3. The van der Waals surface area contributed by atoms with E-state index < -0.39 is 17.6 Å². The summed E-state index contributed by atoms with van der Waals surface area (Å²) >= 11 is 0. The fraction of sp³-hybridized carbons (Fsp3) is 0.280. The Labute approximate surface area is 194 Å². The van der Waals surface area contributed by atoms with Crippen molar-refractivity contribution in [2.45, 2.75) is 25.4 Å². The molecule has 3 heterocycles. The number of nitrogens with zero attached hydrogens (tertiary/aromatic N) is 1. The second kappa shape index (κ2) is 8.98. The Bertz CT molecular complexity index is 1280. The summed E-state index contributed by atoms with van der Waals surface area (Å²) in [5.41, 5.74) is 8.08. The number of nitrogens with one attached hydrogen (secondary N) is 2. The molecule has 0 bridgehead atoms. The number of hydrogen-bond acceptors (Lipinski definition) is 5. The molecule has 0 spiro atoms. The lowest BCUT2D eigenvalue weighted by Gasteiger charge is -2.24. The van der Waals surface area contributed by atoms with Gasteiger partial charge in [0, 0.05) is 40.9 Å². The number of benzene rings is 2. The molecule has 0 aliphatic carbocycles. The number of piperidine rings is 1. The fourth-order valence-electron chi connectivity index (χ4n) is 4.55. The second-order valence-electron chi connectivity index (χ2n) is 8.46. The van der Waals surface area contributed by atoms with E-state index in [-0.39, 0.29) is 40.3 Å². The summed E-state index contributed by atoms with van der Waals surface area (Å²) in [5.74, 6) is -2.96. The van der Waals surface area contributed by atoms with Crippen molar-refractivity contribution >= 4 is 11.7 Å². The maximum atomic E-state index is 15.3. The van der Waals surface area contributed by atoms with Gasteiger partial charge in [-0.3, -0.25) is 4.79 Å². The van der Waals surface area contributed by atoms with Crippen LogP contribution in [0.5, 0.6) is 5.75 Å². The first-order valence-corrected chi connectivity index (χ1v) is 11.1. The van der Waals surface area contributed by atoms with Gasteiger partial charge in [-0.2, -0.15) is 4.39 Å². The summed E-state index contributed by atoms with van der Waals surface area (Å²) < 4.78 is 50.2. The number of halogens is 3. The quantitative estimate of drug-likeness (QED) is 0.507. The minimum Gasteiger partial charge on any atom is -0.487 e. The first-order chi connectivity index (χ1) is 16.4. The van der Waals surface area contributed by atoms with Crippen LogP contribution in [0.15, 0.2) is 36.4 Å². The number of carbonyl (C=O) groups excluding carboxylic acids is 1. The topological polar surface area (TPSA) is 89.3 Å². The van der Waals surface area contributed by atoms with Gasteiger partial charge in [0.1, 0.15) is 17.7 Å². The van der Waals surface area contributed by atoms with E-state index in [1.54, 1.807) is 18.2 Å². The van der Waals surface area contributed by atoms with Gasteiger partial charge >= 0.3 is 0 Å². The van der Waals surface area contributed by atoms with Crippen LogP contribution in [0.1, 0.15) is 28.8 Å². The normalized spacial score (nSPS) is 16.1. The van der Waals surface area contributed by atoms with Crippen molar-refractivity contribution in [3.8, 4) is 28.0 Å². The molecule has 0 unspecified atom stereocenters. The summed E-state index contributed by atoms with van der Waals surface area (Å²) in [6.45, 7) is 1.97. The van der Waals surface area contributed by atoms with Gasteiger partial charge in [0.25, 0.3) is 5.91 Å². The molecule has 2 aliphatic rings. The minimum absolute atomic E-state index is 0.0648. The number of anilines is 1. The Morgan fingerprint density at radius 2 is 1.74 bits per heavy atom. The maximum absolute atomic E-state index is 15.3. The van der Waals surface area contributed by atoms with E-state index >= 15 is 4.39 Å². The van der Waals surface area contributed by atoms with Crippen molar-refractivity contribution in [3.63, 3.8) is 0 Å². The average Bonchev–Trinajstić information content (AvgIpc) is 2.81. The molecule has 4 N–H and O–H groups in total. The third-order valence-electron chi connectivity index (χ3n) is 6.23. The number of carbonyl (C=O) groups is 1. The minimum atomic E-state index is -0.913. The van der Waals surface area contributed by atoms with Gasteiger partial charge in [-0.15, -0.1) is 0 Å². The molecule has 1 aromatic heterocycles. The highest BCUT2D eigenvalue weighted by Gasteiger charge is 2.24. The maximum Gasteiger partial charge on any atom is 0.251 e. The molecule has 34 heavy (non-hydrogen) atoms. The van der Waals surface area contributed by atoms with Gasteiger partial charge in [0.2, 0.25) is 5.95 Å². The van der Waals surface area contributed by atoms with Crippen molar-refractivity contribution in [2.75, 3.05) is 25.4 Å². The Kier molecular flexibility index (Phi) is 5.87. The molecule has 1 amide bonds. The molecule has 1 fully saturated rings. The molecule has 2 aliphatic heterocycles. The number of pyridine rings is 1. The van der Waals surface area contributed by atoms with Crippen molar-refractivity contribution < 1.29 is 22.7 Å². The third kappa shape index (κ3) is 4.19. The molecule has 3 aromatic rings. The van der Waals surface area contributed by atoms with Gasteiger partial charge in [0.15, 0.2) is 11.6 Å². The predicted molar refractivity (Wildman–Crippen MR) is 122 cm³/mol. The molecule has 5 rings (SSSR count). The fourth-order valence-corrected chi connectivity index (χ4v) is 4.55. The number of amides is 1. The van der Waals surface area contributed by atoms with Crippen molar-refractivity contribution in [3.05, 3.63) is 65.1 Å². The Hall–Kier alpha value is -3.59. The molecule has 2 aromatic carbocycles. The summed E-state index contributed by atoms with van der Waals surface area (Å²) in [7, 11) is 0. The number of aromatic nitrogens is 1. The highest BCUT2D eigenvalue weighted by molar-refractivity contribution is 5.98. The number of rotatable bonds is 4. The van der Waals surface area contributed by atoms with E-state index in [1.165, 1.54) is 0 Å². The van der Waals surface area contributed by atoms with Crippen LogP contribution < -0.4 is 21.1 Å². The number of ether oxygens (including phenoxy) is 1. The first-order valence-electron chi connectivity index (χ1n) is 11.1. The Morgan fingerprint density at radius 1 is 0.941 bits per heavy atom. The average molecular weight is 468 g/mol. The Balaban J connectivity index is 1.58. The lowest BCUT2D eigenvalue weighted by atomic mass is 9.91. The predicted octanol–water partition coefficient (Wildman–Crippen LogP) is 3.83. The largest absolute Gasteiger partial charge is 0.487 e. The van der Waals surface area contributed by atoms with Crippen LogP contribution in [0.25, 0.3) is 22.3 Å². The van der Waals surface area contributed by atoms with Crippen LogP contribution in [-0.4, -0.2) is 36.6 Å². The second-order valence-corrected chi connectivity index (χ2v) is 8.46. The smallest absolute Gasteiger partial charge is 0.251 e. The van der Waals surface area contributed by atoms with E-state index in [9.17, 15) is 13.6 Å². The van der Waals surface area contributed by atoms with E-state index in [0.29, 0.717) is 36.9 Å². The number of nitrogen functional groups attached to an aromatic ring is 1. The molecular formula is C25H23F3N4O2. The van der Waals surface area contributed by atoms with Gasteiger partial charge in [0.05, 0.1) is 0 Å². The van der Waals surface area contributed by atoms with E-state index in [1.807, 2.05) is 0 Å². The number of nitrogens with two attached hydrogens (primary N) is 1. The highest BCUT2D eigenvalue weighted by atomic mass is 19.1. The third-order valence-corrected chi connectivity index (χ3v) is 6.23. The Morgan fingerprint density at radius 3 is 2.53 bits per heavy atom. The zero-order valence-electron chi connectivity index (χ0n) is 18.3. The summed E-state index contributed by atoms with van der Waals surface area (Å²) in [6, 6.07) is 8.05. The monoisotopic (exact) mass is 468 g/mol. The van der Waals surface area contributed by atoms with Crippen molar-refractivity contribution in [1.82, 2.24) is 15.6 Å². The summed E-state index contributed by atoms with van der Waals surface area (Å²) in [4.78, 5) is 15.8. The van der Waals surface area contributed by atoms with E-state index in [0.717, 1.165) is 36.9 Å². The molecule has 176 valence electrons. The van der Waals surface area contributed by atoms with Crippen LogP contribution in [0.4, 0.5) is 19.0 Å². The van der Waals surface area contributed by atoms with Crippen LogP contribution in [-0.2, 0) is 6.42 Å². The molecular weight excluding hydrogens is 445 g/mol. The highest BCUT2D eigenvalue weighted by Crippen LogP contribution is 2.40. The zero-order chi connectivity index (χ0) is 23.8. The summed E-state index contributed by atoms with van der Waals surface area (Å²) in [6.07, 6.45) is 1.77. The first kappa shape index (κ1) is 22.2. The van der Waals surface area contributed by atoms with Crippen molar-refractivity contribution in [1.29, 1.82) is 0 Å². The molecule has 9 heteroatoms. The molecule has 6 nitrogen and oxygen atoms in total. The number of hydrogen-bond donors (Lipinski definition) is 3. The molecule has 1 saturated heterocycles. The SMILES string of the molecule is Nc1nc(F)cc(-c2cc(F)c(OC3CCNCC3)cc2F)c1-c1ccc2c(c1)CCNC2=O. The van der Waals surface area contributed by atoms with Crippen LogP contribution in [0.3, 0.4) is 0 Å². The van der Waals surface area contributed by atoms with Crippen LogP contribution >= 0.6 is 0 Å². The van der Waals surface area contributed by atoms with Gasteiger partial charge < -0.3 is 21.1 Å². The molecule has 0 atom stereocenters. The van der Waals surface area contributed by atoms with E-state index in [4.69, 9.17) is 10.5 Å². The van der Waals surface area contributed by atoms with E-state index in [2.05, 4.69) is 15.6 Å². The standard InChI is InChI=1S/C25H23F3N4O2/c26-19-12-21(34-15-4-6-30-7-5-15)20(27)10-17(19)18-11-22(28)32-24(29)23(18)14-1-2-16-13(9-14)3-8-31-25(16)33/h1-2,9-12,15,30H,3-8H2,(H2,29,32)(H,31,33). The van der Waals surface area contributed by atoms with Crippen LogP contribution in [0.2, 0.25) is 0 Å².